The highest BCUT2D eigenvalue weighted by Gasteiger charge is 2.03. The van der Waals surface area contributed by atoms with Crippen molar-refractivity contribution in [3.05, 3.63) is 59.7 Å². The third-order valence-corrected chi connectivity index (χ3v) is 10.7. The molecule has 0 amide bonds. The summed E-state index contributed by atoms with van der Waals surface area (Å²) in [5, 5.41) is 0. The molecular formula is C48H82O. The molecule has 2 aromatic rings. The van der Waals surface area contributed by atoms with E-state index in [1.807, 2.05) is 0 Å². The summed E-state index contributed by atoms with van der Waals surface area (Å²) >= 11 is 0. The minimum absolute atomic E-state index is 0.980. The van der Waals surface area contributed by atoms with Crippen molar-refractivity contribution in [2.24, 2.45) is 0 Å². The van der Waals surface area contributed by atoms with Gasteiger partial charge in [0, 0.05) is 0 Å². The van der Waals surface area contributed by atoms with Crippen molar-refractivity contribution in [1.82, 2.24) is 0 Å². The predicted octanol–water partition coefficient (Wildman–Crippen LogP) is 17.1. The van der Waals surface area contributed by atoms with Gasteiger partial charge < -0.3 is 4.74 Å². The molecule has 0 N–H and O–H groups in total. The summed E-state index contributed by atoms with van der Waals surface area (Å²) in [5.74, 6) is 1.96. The van der Waals surface area contributed by atoms with E-state index in [9.17, 15) is 0 Å². The highest BCUT2D eigenvalue weighted by Crippen LogP contribution is 2.25. The summed E-state index contributed by atoms with van der Waals surface area (Å²) < 4.78 is 6.33. The Balaban J connectivity index is 1.44. The van der Waals surface area contributed by atoms with E-state index in [-0.39, 0.29) is 0 Å². The van der Waals surface area contributed by atoms with E-state index < -0.39 is 0 Å². The Morgan fingerprint density at radius 3 is 0.816 bits per heavy atom. The van der Waals surface area contributed by atoms with E-state index in [1.54, 1.807) is 0 Å². The van der Waals surface area contributed by atoms with E-state index in [4.69, 9.17) is 4.74 Å². The Hall–Kier alpha value is -1.76. The molecule has 2 rings (SSSR count). The summed E-state index contributed by atoms with van der Waals surface area (Å²) in [6, 6.07) is 17.6. The lowest BCUT2D eigenvalue weighted by atomic mass is 10.0. The van der Waals surface area contributed by atoms with Gasteiger partial charge in [-0.05, 0) is 61.1 Å². The highest BCUT2D eigenvalue weighted by atomic mass is 16.5. The molecule has 0 unspecified atom stereocenters. The number of hydrogen-bond donors (Lipinski definition) is 0. The minimum atomic E-state index is 0.980. The molecule has 0 spiro atoms. The van der Waals surface area contributed by atoms with Gasteiger partial charge in [0.2, 0.25) is 0 Å². The third-order valence-electron chi connectivity index (χ3n) is 10.7. The van der Waals surface area contributed by atoms with Crippen molar-refractivity contribution in [1.29, 1.82) is 0 Å². The summed E-state index contributed by atoms with van der Waals surface area (Å²) in [5.41, 5.74) is 2.82. The average Bonchev–Trinajstić information content (AvgIpc) is 3.11. The molecule has 0 aromatic heterocycles. The normalized spacial score (nSPS) is 11.4. The van der Waals surface area contributed by atoms with Crippen LogP contribution in [-0.2, 0) is 12.8 Å². The van der Waals surface area contributed by atoms with Crippen LogP contribution in [0.2, 0.25) is 0 Å². The maximum Gasteiger partial charge on any atom is 0.127 e. The van der Waals surface area contributed by atoms with Crippen molar-refractivity contribution in [2.75, 3.05) is 0 Å². The topological polar surface area (TPSA) is 9.23 Å². The number of unbranched alkanes of at least 4 members (excludes halogenated alkanes) is 30. The first-order valence-electron chi connectivity index (χ1n) is 22.2. The maximum atomic E-state index is 6.33. The Bertz CT molecular complexity index is 886. The van der Waals surface area contributed by atoms with Crippen LogP contribution in [0.3, 0.4) is 0 Å². The first-order valence-corrected chi connectivity index (χ1v) is 22.2. The molecule has 0 aliphatic heterocycles. The average molecular weight is 675 g/mol. The molecule has 0 aliphatic carbocycles. The van der Waals surface area contributed by atoms with Gasteiger partial charge in [-0.3, -0.25) is 0 Å². The molecule has 49 heavy (non-hydrogen) atoms. The van der Waals surface area contributed by atoms with Crippen LogP contribution < -0.4 is 4.74 Å². The largest absolute Gasteiger partial charge is 0.457 e. The van der Waals surface area contributed by atoms with Gasteiger partial charge >= 0.3 is 0 Å². The van der Waals surface area contributed by atoms with E-state index in [0.29, 0.717) is 0 Å². The van der Waals surface area contributed by atoms with Gasteiger partial charge in [0.1, 0.15) is 11.5 Å². The van der Waals surface area contributed by atoms with Crippen LogP contribution in [0.15, 0.2) is 48.5 Å². The first kappa shape index (κ1) is 43.4. The van der Waals surface area contributed by atoms with Gasteiger partial charge in [0.25, 0.3) is 0 Å². The summed E-state index contributed by atoms with van der Waals surface area (Å²) in [6.07, 6.45) is 47.9. The minimum Gasteiger partial charge on any atom is -0.457 e. The first-order chi connectivity index (χ1) is 24.3. The van der Waals surface area contributed by atoms with Gasteiger partial charge in [-0.15, -0.1) is 0 Å². The van der Waals surface area contributed by atoms with Crippen LogP contribution >= 0.6 is 0 Å². The number of aryl methyl sites for hydroxylation is 2. The van der Waals surface area contributed by atoms with E-state index in [1.165, 1.54) is 217 Å². The predicted molar refractivity (Wildman–Crippen MR) is 219 cm³/mol. The van der Waals surface area contributed by atoms with Gasteiger partial charge in [-0.1, -0.05) is 231 Å². The Morgan fingerprint density at radius 1 is 0.306 bits per heavy atom. The fourth-order valence-electron chi connectivity index (χ4n) is 7.42. The Kier molecular flexibility index (Phi) is 29.6. The molecule has 0 fully saturated rings. The van der Waals surface area contributed by atoms with Crippen LogP contribution in [0.5, 0.6) is 11.5 Å². The SMILES string of the molecule is CCCCCCCCCCCCCCCCCCc1cccc(Oc2cccc(CCCCCCCCCCCCCCCCCC)c2)c1. The molecule has 1 nitrogen and oxygen atoms in total. The number of hydrogen-bond acceptors (Lipinski definition) is 1. The Labute approximate surface area is 307 Å². The molecule has 0 saturated carbocycles. The smallest absolute Gasteiger partial charge is 0.127 e. The van der Waals surface area contributed by atoms with E-state index >= 15 is 0 Å². The zero-order valence-corrected chi connectivity index (χ0v) is 33.1. The fourth-order valence-corrected chi connectivity index (χ4v) is 7.42. The molecule has 2 aromatic carbocycles. The molecule has 0 heterocycles. The second-order valence-electron chi connectivity index (χ2n) is 15.5. The molecule has 0 radical (unpaired) electrons. The van der Waals surface area contributed by atoms with Crippen LogP contribution in [0, 0.1) is 0 Å². The number of ether oxygens (including phenoxy) is 1. The van der Waals surface area contributed by atoms with Gasteiger partial charge in [0.05, 0.1) is 0 Å². The molecular weight excluding hydrogens is 593 g/mol. The van der Waals surface area contributed by atoms with Crippen molar-refractivity contribution in [3.8, 4) is 11.5 Å². The molecule has 280 valence electrons. The zero-order valence-electron chi connectivity index (χ0n) is 33.1. The highest BCUT2D eigenvalue weighted by molar-refractivity contribution is 5.36. The lowest BCUT2D eigenvalue weighted by Gasteiger charge is -2.10. The Morgan fingerprint density at radius 2 is 0.551 bits per heavy atom. The van der Waals surface area contributed by atoms with Crippen molar-refractivity contribution in [3.63, 3.8) is 0 Å². The lowest BCUT2D eigenvalue weighted by Crippen LogP contribution is -1.91. The molecule has 0 atom stereocenters. The summed E-state index contributed by atoms with van der Waals surface area (Å²) in [7, 11) is 0. The standard InChI is InChI=1S/C48H82O/c1-3-5-7-9-11-13-15-17-19-21-23-25-27-29-31-33-37-45-39-35-41-47(43-45)49-48-42-36-40-46(44-48)38-34-32-30-28-26-24-22-20-18-16-14-12-10-8-6-4-2/h35-36,39-44H,3-34,37-38H2,1-2H3. The van der Waals surface area contributed by atoms with Crippen LogP contribution in [-0.4, -0.2) is 0 Å². The second-order valence-corrected chi connectivity index (χ2v) is 15.5. The van der Waals surface area contributed by atoms with Crippen molar-refractivity contribution < 1.29 is 4.74 Å². The monoisotopic (exact) mass is 675 g/mol. The fraction of sp³-hybridized carbons (Fsp3) is 0.750. The zero-order chi connectivity index (χ0) is 34.7. The summed E-state index contributed by atoms with van der Waals surface area (Å²) in [4.78, 5) is 0. The third kappa shape index (κ3) is 26.7. The maximum absolute atomic E-state index is 6.33. The van der Waals surface area contributed by atoms with Gasteiger partial charge in [-0.25, -0.2) is 0 Å². The lowest BCUT2D eigenvalue weighted by molar-refractivity contribution is 0.480. The van der Waals surface area contributed by atoms with Crippen LogP contribution in [0.1, 0.15) is 230 Å². The summed E-state index contributed by atoms with van der Waals surface area (Å²) in [6.45, 7) is 4.61. The van der Waals surface area contributed by atoms with Gasteiger partial charge in [-0.2, -0.15) is 0 Å². The van der Waals surface area contributed by atoms with E-state index in [0.717, 1.165) is 24.3 Å². The van der Waals surface area contributed by atoms with Crippen LogP contribution in [0.25, 0.3) is 0 Å². The quantitative estimate of drug-likeness (QED) is 0.0654. The molecule has 1 heteroatoms. The van der Waals surface area contributed by atoms with Crippen molar-refractivity contribution in [2.45, 2.75) is 232 Å². The molecule has 0 bridgehead atoms. The van der Waals surface area contributed by atoms with Crippen molar-refractivity contribution >= 4 is 0 Å². The number of rotatable bonds is 36. The molecule has 0 aliphatic rings. The van der Waals surface area contributed by atoms with Crippen LogP contribution in [0.4, 0.5) is 0 Å². The molecule has 0 saturated heterocycles. The van der Waals surface area contributed by atoms with Gasteiger partial charge in [0.15, 0.2) is 0 Å². The van der Waals surface area contributed by atoms with E-state index in [2.05, 4.69) is 62.4 Å². The second kappa shape index (κ2) is 33.4. The number of benzene rings is 2.